The van der Waals surface area contributed by atoms with Gasteiger partial charge in [-0.05, 0) is 43.4 Å². The Hall–Kier alpha value is -2.68. The molecule has 0 heterocycles. The lowest BCUT2D eigenvalue weighted by Gasteiger charge is -2.07. The number of benzene rings is 3. The van der Waals surface area contributed by atoms with Gasteiger partial charge in [0.25, 0.3) is 0 Å². The van der Waals surface area contributed by atoms with Gasteiger partial charge in [0, 0.05) is 5.39 Å². The molecule has 0 bridgehead atoms. The summed E-state index contributed by atoms with van der Waals surface area (Å²) in [6, 6.07) is 15.6. The van der Waals surface area contributed by atoms with Crippen molar-refractivity contribution in [2.24, 2.45) is 10.2 Å². The largest absolute Gasteiger partial charge is 0.506 e. The lowest BCUT2D eigenvalue weighted by molar-refractivity contribution is 0.477. The van der Waals surface area contributed by atoms with E-state index >= 15 is 0 Å². The molecule has 3 aromatic rings. The fraction of sp³-hybridized carbons (Fsp3) is 0.158. The lowest BCUT2D eigenvalue weighted by atomic mass is 10.1. The monoisotopic (exact) mass is 290 g/mol. The summed E-state index contributed by atoms with van der Waals surface area (Å²) in [6.45, 7) is 6.12. The number of hydrogen-bond acceptors (Lipinski definition) is 3. The molecule has 0 spiro atoms. The van der Waals surface area contributed by atoms with Gasteiger partial charge in [-0.1, -0.05) is 48.0 Å². The number of rotatable bonds is 2. The Kier molecular flexibility index (Phi) is 3.63. The van der Waals surface area contributed by atoms with Crippen LogP contribution in [-0.4, -0.2) is 5.11 Å². The minimum absolute atomic E-state index is 0.143. The van der Waals surface area contributed by atoms with Gasteiger partial charge in [-0.2, -0.15) is 0 Å². The Morgan fingerprint density at radius 1 is 0.773 bits per heavy atom. The van der Waals surface area contributed by atoms with Crippen LogP contribution in [0.2, 0.25) is 0 Å². The highest BCUT2D eigenvalue weighted by Gasteiger charge is 2.07. The molecule has 0 atom stereocenters. The number of fused-ring (bicyclic) bond motifs is 1. The van der Waals surface area contributed by atoms with Crippen molar-refractivity contribution in [1.29, 1.82) is 0 Å². The quantitative estimate of drug-likeness (QED) is 0.588. The number of aryl methyl sites for hydroxylation is 3. The van der Waals surface area contributed by atoms with Crippen molar-refractivity contribution in [3.8, 4) is 5.75 Å². The Labute approximate surface area is 130 Å². The molecule has 0 unspecified atom stereocenters. The highest BCUT2D eigenvalue weighted by molar-refractivity contribution is 5.95. The first kappa shape index (κ1) is 14.3. The van der Waals surface area contributed by atoms with Crippen LogP contribution in [0, 0.1) is 20.8 Å². The summed E-state index contributed by atoms with van der Waals surface area (Å²) in [6.07, 6.45) is 0. The standard InChI is InChI=1S/C19H18N2O/c1-12-10-13(2)18(14(3)11-12)20-21-19-16-7-5-4-6-15(16)8-9-17(19)22/h4-11,22H,1-3H3. The van der Waals surface area contributed by atoms with Crippen LogP contribution >= 0.6 is 0 Å². The summed E-state index contributed by atoms with van der Waals surface area (Å²) in [4.78, 5) is 0. The van der Waals surface area contributed by atoms with Crippen molar-refractivity contribution in [2.75, 3.05) is 0 Å². The van der Waals surface area contributed by atoms with E-state index in [-0.39, 0.29) is 5.75 Å². The van der Waals surface area contributed by atoms with E-state index in [1.165, 1.54) is 5.56 Å². The van der Waals surface area contributed by atoms with Gasteiger partial charge in [-0.15, -0.1) is 10.2 Å². The molecule has 3 rings (SSSR count). The molecule has 0 saturated heterocycles. The average Bonchev–Trinajstić information content (AvgIpc) is 2.48. The molecule has 22 heavy (non-hydrogen) atoms. The smallest absolute Gasteiger partial charge is 0.143 e. The number of phenolic OH excluding ortho intramolecular Hbond substituents is 1. The summed E-state index contributed by atoms with van der Waals surface area (Å²) >= 11 is 0. The van der Waals surface area contributed by atoms with E-state index in [4.69, 9.17) is 0 Å². The lowest BCUT2D eigenvalue weighted by Crippen LogP contribution is -1.83. The zero-order valence-corrected chi connectivity index (χ0v) is 13.0. The van der Waals surface area contributed by atoms with Gasteiger partial charge >= 0.3 is 0 Å². The molecule has 0 saturated carbocycles. The van der Waals surface area contributed by atoms with Gasteiger partial charge in [0.1, 0.15) is 11.4 Å². The van der Waals surface area contributed by atoms with Gasteiger partial charge in [-0.25, -0.2) is 0 Å². The Morgan fingerprint density at radius 2 is 1.41 bits per heavy atom. The number of nitrogens with zero attached hydrogens (tertiary/aromatic N) is 2. The normalized spacial score (nSPS) is 11.4. The van der Waals surface area contributed by atoms with Crippen molar-refractivity contribution in [3.05, 3.63) is 65.2 Å². The molecule has 1 N–H and O–H groups in total. The zero-order valence-electron chi connectivity index (χ0n) is 13.0. The van der Waals surface area contributed by atoms with E-state index in [0.717, 1.165) is 27.6 Å². The van der Waals surface area contributed by atoms with Crippen molar-refractivity contribution in [1.82, 2.24) is 0 Å². The van der Waals surface area contributed by atoms with Gasteiger partial charge in [0.2, 0.25) is 0 Å². The molecule has 0 aliphatic rings. The first-order valence-electron chi connectivity index (χ1n) is 7.26. The second-order valence-corrected chi connectivity index (χ2v) is 5.60. The van der Waals surface area contributed by atoms with E-state index in [2.05, 4.69) is 29.3 Å². The summed E-state index contributed by atoms with van der Waals surface area (Å²) in [7, 11) is 0. The van der Waals surface area contributed by atoms with Crippen LogP contribution in [0.15, 0.2) is 58.8 Å². The zero-order chi connectivity index (χ0) is 15.7. The summed E-state index contributed by atoms with van der Waals surface area (Å²) in [5.41, 5.74) is 4.75. The van der Waals surface area contributed by atoms with Gasteiger partial charge in [-0.3, -0.25) is 0 Å². The van der Waals surface area contributed by atoms with Crippen LogP contribution < -0.4 is 0 Å². The van der Waals surface area contributed by atoms with E-state index in [1.807, 2.05) is 44.2 Å². The van der Waals surface area contributed by atoms with Crippen LogP contribution in [0.1, 0.15) is 16.7 Å². The fourth-order valence-corrected chi connectivity index (χ4v) is 2.78. The third kappa shape index (κ3) is 2.58. The molecule has 0 fully saturated rings. The van der Waals surface area contributed by atoms with Crippen molar-refractivity contribution in [3.63, 3.8) is 0 Å². The first-order valence-corrected chi connectivity index (χ1v) is 7.26. The Bertz CT molecular complexity index is 859. The van der Waals surface area contributed by atoms with E-state index in [0.29, 0.717) is 5.69 Å². The minimum Gasteiger partial charge on any atom is -0.506 e. The van der Waals surface area contributed by atoms with E-state index < -0.39 is 0 Å². The third-order valence-electron chi connectivity index (χ3n) is 3.76. The minimum atomic E-state index is 0.143. The number of phenols is 1. The molecule has 0 amide bonds. The summed E-state index contributed by atoms with van der Waals surface area (Å²) < 4.78 is 0. The topological polar surface area (TPSA) is 45.0 Å². The van der Waals surface area contributed by atoms with Gasteiger partial charge in [0.15, 0.2) is 0 Å². The predicted molar refractivity (Wildman–Crippen MR) is 90.4 cm³/mol. The second kappa shape index (κ2) is 5.60. The van der Waals surface area contributed by atoms with Crippen LogP contribution in [-0.2, 0) is 0 Å². The Morgan fingerprint density at radius 3 is 2.14 bits per heavy atom. The molecule has 0 aliphatic heterocycles. The molecular weight excluding hydrogens is 272 g/mol. The van der Waals surface area contributed by atoms with Gasteiger partial charge < -0.3 is 5.11 Å². The number of hydrogen-bond donors (Lipinski definition) is 1. The first-order chi connectivity index (χ1) is 10.6. The van der Waals surface area contributed by atoms with Crippen LogP contribution in [0.25, 0.3) is 10.8 Å². The maximum absolute atomic E-state index is 10.1. The molecule has 3 heteroatoms. The van der Waals surface area contributed by atoms with Crippen molar-refractivity contribution < 1.29 is 5.11 Å². The van der Waals surface area contributed by atoms with Crippen LogP contribution in [0.3, 0.4) is 0 Å². The highest BCUT2D eigenvalue weighted by Crippen LogP contribution is 2.36. The third-order valence-corrected chi connectivity index (χ3v) is 3.76. The van der Waals surface area contributed by atoms with Crippen LogP contribution in [0.4, 0.5) is 11.4 Å². The van der Waals surface area contributed by atoms with Crippen molar-refractivity contribution >= 4 is 22.1 Å². The van der Waals surface area contributed by atoms with E-state index in [1.54, 1.807) is 6.07 Å². The molecule has 3 nitrogen and oxygen atoms in total. The summed E-state index contributed by atoms with van der Waals surface area (Å²) in [5.74, 6) is 0.143. The number of azo groups is 1. The van der Waals surface area contributed by atoms with Gasteiger partial charge in [0.05, 0.1) is 5.69 Å². The highest BCUT2D eigenvalue weighted by atomic mass is 16.3. The molecule has 0 aliphatic carbocycles. The average molecular weight is 290 g/mol. The Balaban J connectivity index is 2.13. The maximum Gasteiger partial charge on any atom is 0.143 e. The predicted octanol–water partition coefficient (Wildman–Crippen LogP) is 5.89. The summed E-state index contributed by atoms with van der Waals surface area (Å²) in [5, 5.41) is 20.8. The fourth-order valence-electron chi connectivity index (χ4n) is 2.78. The molecule has 0 radical (unpaired) electrons. The SMILES string of the molecule is Cc1cc(C)c(N=Nc2c(O)ccc3ccccc23)c(C)c1. The molecule has 0 aromatic heterocycles. The van der Waals surface area contributed by atoms with E-state index in [9.17, 15) is 5.11 Å². The molecular formula is C19H18N2O. The second-order valence-electron chi connectivity index (χ2n) is 5.60. The van der Waals surface area contributed by atoms with Crippen LogP contribution in [0.5, 0.6) is 5.75 Å². The maximum atomic E-state index is 10.1. The molecule has 110 valence electrons. The number of aromatic hydroxyl groups is 1. The van der Waals surface area contributed by atoms with Crippen molar-refractivity contribution in [2.45, 2.75) is 20.8 Å². The molecule has 3 aromatic carbocycles.